The molecule has 6 rings (SSSR count). The lowest BCUT2D eigenvalue weighted by atomic mass is 9.32. The maximum Gasteiger partial charge on any atom is 0.171 e. The number of carbonyl (C=O) groups is 2. The lowest BCUT2D eigenvalue weighted by Gasteiger charge is -2.72. The van der Waals surface area contributed by atoms with Crippen LogP contribution >= 0.6 is 0 Å². The Morgan fingerprint density at radius 3 is 2.32 bits per heavy atom. The summed E-state index contributed by atoms with van der Waals surface area (Å²) in [5.74, 6) is 2.92. The van der Waals surface area contributed by atoms with E-state index in [2.05, 4.69) is 61.5 Å². The molecule has 1 saturated heterocycles. The van der Waals surface area contributed by atoms with Gasteiger partial charge in [-0.05, 0) is 127 Å². The van der Waals surface area contributed by atoms with E-state index < -0.39 is 5.41 Å². The monoisotopic (exact) mass is 566 g/mol. The fourth-order valence-corrected chi connectivity index (χ4v) is 12.7. The van der Waals surface area contributed by atoms with Gasteiger partial charge in [-0.1, -0.05) is 61.5 Å². The number of fused-ring (bicyclic) bond motifs is 7. The van der Waals surface area contributed by atoms with E-state index in [4.69, 9.17) is 9.47 Å². The van der Waals surface area contributed by atoms with Crippen LogP contribution < -0.4 is 0 Å². The standard InChI is InChI=1S/C37H58O4/c1-32(2,3)25-14-17-37(23-41-29-11-9-10-20-40-29)19-18-35(7)26(30(25)37)12-13-28-34(6)21-24(22-38)31(39)33(4,5)27(34)15-16-36(28,35)8/h21-22,25-30H,9-20,23H2,1-8H3/t25-,26?,27+,28-,29?,30-,34+,35-,36-,37-/m1/s1. The minimum atomic E-state index is -0.484. The van der Waals surface area contributed by atoms with Crippen LogP contribution in [0.25, 0.3) is 0 Å². The molecule has 6 aliphatic rings. The van der Waals surface area contributed by atoms with E-state index in [1.807, 2.05) is 0 Å². The molecule has 0 spiro atoms. The van der Waals surface area contributed by atoms with Crippen molar-refractivity contribution in [1.82, 2.24) is 0 Å². The topological polar surface area (TPSA) is 52.6 Å². The molecule has 4 saturated carbocycles. The SMILES string of the molecule is CC(C)(C)[C@@H]1CC[C@]2(COC3CCCCO3)CC[C@]3(C)C(CC[C@@H]4[C@@]5(C)C=C(C=O)C(=O)C(C)(C)[C@@H]5CC[C@]43C)[C@@H]12. The van der Waals surface area contributed by atoms with Crippen LogP contribution in [0.3, 0.4) is 0 Å². The Kier molecular flexibility index (Phi) is 7.14. The highest BCUT2D eigenvalue weighted by atomic mass is 16.7. The van der Waals surface area contributed by atoms with E-state index in [9.17, 15) is 9.59 Å². The zero-order valence-corrected chi connectivity index (χ0v) is 27.4. The van der Waals surface area contributed by atoms with Gasteiger partial charge in [0.2, 0.25) is 0 Å². The first kappa shape index (κ1) is 30.0. The third-order valence-corrected chi connectivity index (χ3v) is 14.9. The molecule has 41 heavy (non-hydrogen) atoms. The molecule has 0 aromatic carbocycles. The van der Waals surface area contributed by atoms with Gasteiger partial charge in [-0.3, -0.25) is 9.59 Å². The van der Waals surface area contributed by atoms with Gasteiger partial charge < -0.3 is 9.47 Å². The van der Waals surface area contributed by atoms with Crippen molar-refractivity contribution in [3.63, 3.8) is 0 Å². The van der Waals surface area contributed by atoms with Crippen LogP contribution in [0, 0.1) is 62.1 Å². The summed E-state index contributed by atoms with van der Waals surface area (Å²) in [5.41, 5.74) is 0.796. The molecule has 5 aliphatic carbocycles. The molecule has 1 heterocycles. The molecule has 2 unspecified atom stereocenters. The third-order valence-electron chi connectivity index (χ3n) is 14.9. The van der Waals surface area contributed by atoms with Crippen molar-refractivity contribution >= 4 is 12.1 Å². The van der Waals surface area contributed by atoms with E-state index in [0.717, 1.165) is 38.8 Å². The second kappa shape index (κ2) is 9.75. The Morgan fingerprint density at radius 2 is 1.66 bits per heavy atom. The number of hydrogen-bond donors (Lipinski definition) is 0. The molecule has 0 aromatic rings. The third kappa shape index (κ3) is 4.18. The van der Waals surface area contributed by atoms with Crippen molar-refractivity contribution in [3.8, 4) is 0 Å². The molecular formula is C37H58O4. The van der Waals surface area contributed by atoms with Gasteiger partial charge in [-0.25, -0.2) is 0 Å². The van der Waals surface area contributed by atoms with E-state index in [1.165, 1.54) is 51.4 Å². The van der Waals surface area contributed by atoms with Crippen molar-refractivity contribution in [3.05, 3.63) is 11.6 Å². The highest BCUT2D eigenvalue weighted by Crippen LogP contribution is 2.77. The zero-order chi connectivity index (χ0) is 29.6. The fourth-order valence-electron chi connectivity index (χ4n) is 12.7. The predicted molar refractivity (Wildman–Crippen MR) is 163 cm³/mol. The van der Waals surface area contributed by atoms with Gasteiger partial charge in [-0.15, -0.1) is 0 Å². The summed E-state index contributed by atoms with van der Waals surface area (Å²) in [6.45, 7) is 21.1. The number of ketones is 1. The van der Waals surface area contributed by atoms with Crippen molar-refractivity contribution in [1.29, 1.82) is 0 Å². The van der Waals surface area contributed by atoms with Crippen LogP contribution in [0.5, 0.6) is 0 Å². The molecule has 5 fully saturated rings. The minimum Gasteiger partial charge on any atom is -0.353 e. The molecule has 10 atom stereocenters. The van der Waals surface area contributed by atoms with Gasteiger partial charge in [0.25, 0.3) is 0 Å². The highest BCUT2D eigenvalue weighted by molar-refractivity contribution is 6.15. The number of carbonyl (C=O) groups excluding carboxylic acids is 2. The van der Waals surface area contributed by atoms with Crippen LogP contribution in [0.2, 0.25) is 0 Å². The second-order valence-electron chi connectivity index (χ2n) is 17.8. The van der Waals surface area contributed by atoms with Crippen LogP contribution in [-0.2, 0) is 19.1 Å². The van der Waals surface area contributed by atoms with Crippen molar-refractivity contribution in [2.24, 2.45) is 62.1 Å². The van der Waals surface area contributed by atoms with E-state index in [-0.39, 0.29) is 39.1 Å². The number of hydrogen-bond acceptors (Lipinski definition) is 4. The van der Waals surface area contributed by atoms with Gasteiger partial charge in [0.1, 0.15) is 0 Å². The van der Waals surface area contributed by atoms with E-state index >= 15 is 0 Å². The number of rotatable bonds is 4. The van der Waals surface area contributed by atoms with Crippen LogP contribution in [0.15, 0.2) is 11.6 Å². The number of Topliss-reactive ketones (excluding diaryl/α,β-unsaturated/α-hetero) is 1. The second-order valence-corrected chi connectivity index (χ2v) is 17.8. The first-order valence-corrected chi connectivity index (χ1v) is 17.1. The Labute approximate surface area is 250 Å². The van der Waals surface area contributed by atoms with E-state index in [0.29, 0.717) is 35.2 Å². The quantitative estimate of drug-likeness (QED) is 0.253. The van der Waals surface area contributed by atoms with Crippen molar-refractivity contribution in [2.75, 3.05) is 13.2 Å². The Hall–Kier alpha value is -1.00. The number of ether oxygens (including phenoxy) is 2. The van der Waals surface area contributed by atoms with Gasteiger partial charge in [0.15, 0.2) is 18.4 Å². The average Bonchev–Trinajstić information content (AvgIpc) is 3.31. The van der Waals surface area contributed by atoms with Gasteiger partial charge in [-0.2, -0.15) is 0 Å². The smallest absolute Gasteiger partial charge is 0.171 e. The Bertz CT molecular complexity index is 1090. The number of aldehydes is 1. The normalized spacial score (nSPS) is 49.3. The fraction of sp³-hybridized carbons (Fsp3) is 0.892. The molecule has 0 aromatic heterocycles. The molecule has 0 N–H and O–H groups in total. The average molecular weight is 567 g/mol. The van der Waals surface area contributed by atoms with Gasteiger partial charge in [0.05, 0.1) is 12.2 Å². The summed E-state index contributed by atoms with van der Waals surface area (Å²) in [6, 6.07) is 0. The van der Waals surface area contributed by atoms with Crippen LogP contribution in [-0.4, -0.2) is 31.6 Å². The Morgan fingerprint density at radius 1 is 0.902 bits per heavy atom. The van der Waals surface area contributed by atoms with E-state index in [1.54, 1.807) is 0 Å². The lowest BCUT2D eigenvalue weighted by Crippen LogP contribution is -2.66. The highest BCUT2D eigenvalue weighted by Gasteiger charge is 2.71. The summed E-state index contributed by atoms with van der Waals surface area (Å²) in [5, 5.41) is 0. The molecule has 0 amide bonds. The van der Waals surface area contributed by atoms with Crippen molar-refractivity contribution in [2.45, 2.75) is 132 Å². The van der Waals surface area contributed by atoms with Gasteiger partial charge >= 0.3 is 0 Å². The lowest BCUT2D eigenvalue weighted by molar-refractivity contribution is -0.239. The summed E-state index contributed by atoms with van der Waals surface area (Å²) >= 11 is 0. The predicted octanol–water partition coefficient (Wildman–Crippen LogP) is 8.57. The molecular weight excluding hydrogens is 508 g/mol. The molecule has 4 heteroatoms. The number of allylic oxidation sites excluding steroid dienone is 2. The molecule has 0 radical (unpaired) electrons. The van der Waals surface area contributed by atoms with Crippen LogP contribution in [0.4, 0.5) is 0 Å². The minimum absolute atomic E-state index is 0.0135. The first-order valence-electron chi connectivity index (χ1n) is 17.1. The summed E-state index contributed by atoms with van der Waals surface area (Å²) in [7, 11) is 0. The molecule has 4 nitrogen and oxygen atoms in total. The molecule has 230 valence electrons. The summed E-state index contributed by atoms with van der Waals surface area (Å²) in [6.07, 6.45) is 16.3. The molecule has 0 bridgehead atoms. The van der Waals surface area contributed by atoms with Crippen LogP contribution in [0.1, 0.15) is 126 Å². The maximum atomic E-state index is 13.4. The first-order chi connectivity index (χ1) is 19.1. The summed E-state index contributed by atoms with van der Waals surface area (Å²) < 4.78 is 12.7. The molecule has 1 aliphatic heterocycles. The maximum absolute atomic E-state index is 13.4. The van der Waals surface area contributed by atoms with Crippen molar-refractivity contribution < 1.29 is 19.1 Å². The zero-order valence-electron chi connectivity index (χ0n) is 27.4. The Balaban J connectivity index is 1.37. The summed E-state index contributed by atoms with van der Waals surface area (Å²) in [4.78, 5) is 25.5. The van der Waals surface area contributed by atoms with Gasteiger partial charge in [0, 0.05) is 12.0 Å². The largest absolute Gasteiger partial charge is 0.353 e.